The Hall–Kier alpha value is -1.36. The summed E-state index contributed by atoms with van der Waals surface area (Å²) in [5, 5.41) is 10.9. The largest absolute Gasteiger partial charge is 0.399 e. The smallest absolute Gasteiger partial charge is 0.287 e. The lowest BCUT2D eigenvalue weighted by Gasteiger charge is -2.15. The van der Waals surface area contributed by atoms with Gasteiger partial charge < -0.3 is 16.2 Å². The SMILES string of the molecule is Cc1cc(NCC(F)(F)CO)ccc1N. The Labute approximate surface area is 86.9 Å². The van der Waals surface area contributed by atoms with Crippen LogP contribution >= 0.6 is 0 Å². The number of rotatable bonds is 4. The van der Waals surface area contributed by atoms with Crippen LogP contribution in [0.1, 0.15) is 5.56 Å². The van der Waals surface area contributed by atoms with Gasteiger partial charge in [0.15, 0.2) is 0 Å². The van der Waals surface area contributed by atoms with Crippen LogP contribution in [0.25, 0.3) is 0 Å². The van der Waals surface area contributed by atoms with Gasteiger partial charge in [0, 0.05) is 11.4 Å². The van der Waals surface area contributed by atoms with Crippen molar-refractivity contribution < 1.29 is 13.9 Å². The zero-order valence-electron chi connectivity index (χ0n) is 8.43. The van der Waals surface area contributed by atoms with Crippen molar-refractivity contribution in [3.05, 3.63) is 23.8 Å². The molecule has 1 rings (SSSR count). The maximum Gasteiger partial charge on any atom is 0.287 e. The van der Waals surface area contributed by atoms with Crippen molar-refractivity contribution in [2.24, 2.45) is 0 Å². The van der Waals surface area contributed by atoms with E-state index in [9.17, 15) is 8.78 Å². The van der Waals surface area contributed by atoms with Crippen molar-refractivity contribution in [3.8, 4) is 0 Å². The molecule has 0 bridgehead atoms. The molecule has 0 unspecified atom stereocenters. The first kappa shape index (κ1) is 11.7. The number of nitrogen functional groups attached to an aromatic ring is 1. The second-order valence-electron chi connectivity index (χ2n) is 3.44. The summed E-state index contributed by atoms with van der Waals surface area (Å²) < 4.78 is 25.4. The highest BCUT2D eigenvalue weighted by atomic mass is 19.3. The molecular weight excluding hydrogens is 202 g/mol. The average molecular weight is 216 g/mol. The monoisotopic (exact) mass is 216 g/mol. The lowest BCUT2D eigenvalue weighted by Crippen LogP contribution is -2.31. The number of aliphatic hydroxyl groups is 1. The molecule has 0 aliphatic carbocycles. The van der Waals surface area contributed by atoms with Crippen LogP contribution < -0.4 is 11.1 Å². The molecule has 0 radical (unpaired) electrons. The number of alkyl halides is 2. The van der Waals surface area contributed by atoms with Crippen LogP contribution in [0.3, 0.4) is 0 Å². The summed E-state index contributed by atoms with van der Waals surface area (Å²) in [6.07, 6.45) is 0. The fraction of sp³-hybridized carbons (Fsp3) is 0.400. The highest BCUT2D eigenvalue weighted by molar-refractivity contribution is 5.56. The van der Waals surface area contributed by atoms with Crippen molar-refractivity contribution in [1.82, 2.24) is 0 Å². The van der Waals surface area contributed by atoms with Crippen LogP contribution in [0.2, 0.25) is 0 Å². The molecule has 0 heterocycles. The Morgan fingerprint density at radius 3 is 2.67 bits per heavy atom. The molecule has 15 heavy (non-hydrogen) atoms. The number of nitrogens with one attached hydrogen (secondary N) is 1. The molecule has 0 aliphatic rings. The molecule has 0 spiro atoms. The summed E-state index contributed by atoms with van der Waals surface area (Å²) in [5.41, 5.74) is 7.59. The predicted octanol–water partition coefficient (Wildman–Crippen LogP) is 1.62. The van der Waals surface area contributed by atoms with Crippen molar-refractivity contribution >= 4 is 11.4 Å². The van der Waals surface area contributed by atoms with E-state index in [1.54, 1.807) is 25.1 Å². The molecule has 5 heteroatoms. The standard InChI is InChI=1S/C10H14F2N2O/c1-7-4-8(2-3-9(7)13)14-5-10(11,12)6-15/h2-4,14-15H,5-6,13H2,1H3. The molecule has 4 N–H and O–H groups in total. The third kappa shape index (κ3) is 3.36. The van der Waals surface area contributed by atoms with Gasteiger partial charge in [-0.05, 0) is 30.7 Å². The highest BCUT2D eigenvalue weighted by Crippen LogP contribution is 2.18. The minimum Gasteiger partial charge on any atom is -0.399 e. The number of halogens is 2. The number of hydrogen-bond acceptors (Lipinski definition) is 3. The quantitative estimate of drug-likeness (QED) is 0.670. The van der Waals surface area contributed by atoms with E-state index < -0.39 is 19.1 Å². The normalized spacial score (nSPS) is 11.5. The zero-order valence-corrected chi connectivity index (χ0v) is 8.43. The van der Waals surface area contributed by atoms with Crippen molar-refractivity contribution in [1.29, 1.82) is 0 Å². The van der Waals surface area contributed by atoms with E-state index in [1.165, 1.54) is 0 Å². The molecule has 0 aliphatic heterocycles. The molecule has 0 fully saturated rings. The van der Waals surface area contributed by atoms with Crippen LogP contribution in [-0.4, -0.2) is 24.2 Å². The van der Waals surface area contributed by atoms with Gasteiger partial charge in [0.05, 0.1) is 6.54 Å². The first-order chi connectivity index (χ1) is 6.94. The number of benzene rings is 1. The van der Waals surface area contributed by atoms with E-state index in [4.69, 9.17) is 10.8 Å². The second-order valence-corrected chi connectivity index (χ2v) is 3.44. The van der Waals surface area contributed by atoms with Crippen molar-refractivity contribution in [3.63, 3.8) is 0 Å². The Morgan fingerprint density at radius 2 is 2.13 bits per heavy atom. The highest BCUT2D eigenvalue weighted by Gasteiger charge is 2.27. The molecule has 1 aromatic carbocycles. The summed E-state index contributed by atoms with van der Waals surface area (Å²) >= 11 is 0. The summed E-state index contributed by atoms with van der Waals surface area (Å²) in [4.78, 5) is 0. The van der Waals surface area contributed by atoms with E-state index in [2.05, 4.69) is 5.32 Å². The van der Waals surface area contributed by atoms with Crippen LogP contribution in [0.5, 0.6) is 0 Å². The molecule has 0 atom stereocenters. The van der Waals surface area contributed by atoms with Gasteiger partial charge in [0.2, 0.25) is 0 Å². The predicted molar refractivity (Wildman–Crippen MR) is 56.1 cm³/mol. The fourth-order valence-corrected chi connectivity index (χ4v) is 1.07. The van der Waals surface area contributed by atoms with Gasteiger partial charge in [-0.25, -0.2) is 8.78 Å². The Morgan fingerprint density at radius 1 is 1.47 bits per heavy atom. The van der Waals surface area contributed by atoms with Gasteiger partial charge in [0.25, 0.3) is 5.92 Å². The number of aliphatic hydroxyl groups excluding tert-OH is 1. The van der Waals surface area contributed by atoms with Crippen LogP contribution in [0.4, 0.5) is 20.2 Å². The van der Waals surface area contributed by atoms with Crippen LogP contribution in [0, 0.1) is 6.92 Å². The first-order valence-electron chi connectivity index (χ1n) is 4.53. The summed E-state index contributed by atoms with van der Waals surface area (Å²) in [6, 6.07) is 4.95. The lowest BCUT2D eigenvalue weighted by molar-refractivity contribution is -0.0372. The van der Waals surface area contributed by atoms with Crippen LogP contribution in [0.15, 0.2) is 18.2 Å². The third-order valence-electron chi connectivity index (χ3n) is 2.05. The van der Waals surface area contributed by atoms with Gasteiger partial charge in [0.1, 0.15) is 6.61 Å². The molecule has 0 saturated carbocycles. The van der Waals surface area contributed by atoms with E-state index in [-0.39, 0.29) is 0 Å². The minimum absolute atomic E-state index is 0.565. The van der Waals surface area contributed by atoms with E-state index in [1.807, 2.05) is 0 Å². The number of anilines is 2. The first-order valence-corrected chi connectivity index (χ1v) is 4.53. The average Bonchev–Trinajstić information content (AvgIpc) is 2.20. The van der Waals surface area contributed by atoms with Gasteiger partial charge >= 0.3 is 0 Å². The molecule has 3 nitrogen and oxygen atoms in total. The van der Waals surface area contributed by atoms with Crippen LogP contribution in [-0.2, 0) is 0 Å². The van der Waals surface area contributed by atoms with Crippen molar-refractivity contribution in [2.45, 2.75) is 12.8 Å². The maximum absolute atomic E-state index is 12.7. The van der Waals surface area contributed by atoms with Gasteiger partial charge in [-0.15, -0.1) is 0 Å². The van der Waals surface area contributed by atoms with Gasteiger partial charge in [-0.2, -0.15) is 0 Å². The number of hydrogen-bond donors (Lipinski definition) is 3. The molecule has 1 aromatic rings. The molecular formula is C10H14F2N2O. The molecule has 84 valence electrons. The summed E-state index contributed by atoms with van der Waals surface area (Å²) in [6.45, 7) is 0.0471. The summed E-state index contributed by atoms with van der Waals surface area (Å²) in [7, 11) is 0. The van der Waals surface area contributed by atoms with Gasteiger partial charge in [-0.3, -0.25) is 0 Å². The number of nitrogens with two attached hydrogens (primary N) is 1. The van der Waals surface area contributed by atoms with E-state index in [0.29, 0.717) is 11.4 Å². The Kier molecular flexibility index (Phi) is 3.47. The molecule has 0 amide bonds. The molecule has 0 saturated heterocycles. The number of aryl methyl sites for hydroxylation is 1. The topological polar surface area (TPSA) is 58.3 Å². The fourth-order valence-electron chi connectivity index (χ4n) is 1.07. The zero-order chi connectivity index (χ0) is 11.5. The van der Waals surface area contributed by atoms with Crippen molar-refractivity contribution in [2.75, 3.05) is 24.2 Å². The minimum atomic E-state index is -3.10. The second kappa shape index (κ2) is 4.44. The Balaban J connectivity index is 2.62. The maximum atomic E-state index is 12.7. The lowest BCUT2D eigenvalue weighted by atomic mass is 10.2. The van der Waals surface area contributed by atoms with Gasteiger partial charge in [-0.1, -0.05) is 0 Å². The summed E-state index contributed by atoms with van der Waals surface area (Å²) in [5.74, 6) is -3.10. The Bertz CT molecular complexity index is 342. The molecule has 0 aromatic heterocycles. The van der Waals surface area contributed by atoms with E-state index >= 15 is 0 Å². The van der Waals surface area contributed by atoms with E-state index in [0.717, 1.165) is 5.56 Å². The third-order valence-corrected chi connectivity index (χ3v) is 2.05.